The van der Waals surface area contributed by atoms with Gasteiger partial charge in [-0.1, -0.05) is 18.2 Å². The van der Waals surface area contributed by atoms with Crippen LogP contribution in [-0.2, 0) is 11.3 Å². The van der Waals surface area contributed by atoms with Crippen LogP contribution in [0.5, 0.6) is 11.5 Å². The first-order valence-corrected chi connectivity index (χ1v) is 8.75. The van der Waals surface area contributed by atoms with Crippen LogP contribution >= 0.6 is 0 Å². The molecule has 0 aliphatic heterocycles. The first-order valence-electron chi connectivity index (χ1n) is 8.75. The molecule has 2 aromatic rings. The van der Waals surface area contributed by atoms with E-state index in [2.05, 4.69) is 0 Å². The number of amides is 1. The van der Waals surface area contributed by atoms with Crippen LogP contribution in [0.2, 0.25) is 0 Å². The van der Waals surface area contributed by atoms with Gasteiger partial charge in [-0.3, -0.25) is 4.79 Å². The number of hydrogen-bond acceptors (Lipinski definition) is 3. The van der Waals surface area contributed by atoms with Crippen molar-refractivity contribution in [2.45, 2.75) is 26.4 Å². The smallest absolute Gasteiger partial charge is 0.284 e. The molecule has 2 rings (SSSR count). The molecule has 1 N–H and O–H groups in total. The van der Waals surface area contributed by atoms with E-state index in [1.165, 1.54) is 0 Å². The van der Waals surface area contributed by atoms with Crippen LogP contribution in [0.4, 0.5) is 5.69 Å². The Bertz CT molecular complexity index is 746. The van der Waals surface area contributed by atoms with E-state index in [1.54, 1.807) is 19.1 Å². The lowest BCUT2D eigenvalue weighted by atomic mass is 10.1. The van der Waals surface area contributed by atoms with E-state index in [9.17, 15) is 4.79 Å². The highest BCUT2D eigenvalue weighted by Gasteiger charge is 2.26. The molecule has 2 atom stereocenters. The quantitative estimate of drug-likeness (QED) is 0.825. The van der Waals surface area contributed by atoms with Gasteiger partial charge in [-0.15, -0.1) is 0 Å². The number of carbonyl (C=O) groups is 1. The minimum atomic E-state index is -0.173. The van der Waals surface area contributed by atoms with E-state index >= 15 is 0 Å². The van der Waals surface area contributed by atoms with Crippen LogP contribution in [0, 0.1) is 6.92 Å². The SMILES string of the molecule is COc1cc(C)c(C[NH+](C)[C@@H](C)C(=O)N(C)c2ccccc2)cc1OC. The summed E-state index contributed by atoms with van der Waals surface area (Å²) in [6.07, 6.45) is 0. The third-order valence-corrected chi connectivity index (χ3v) is 4.90. The van der Waals surface area contributed by atoms with Gasteiger partial charge in [0, 0.05) is 18.3 Å². The number of nitrogens with one attached hydrogen (secondary N) is 1. The molecule has 0 saturated carbocycles. The van der Waals surface area contributed by atoms with Crippen LogP contribution in [0.1, 0.15) is 18.1 Å². The molecule has 1 amide bonds. The average molecular weight is 357 g/mol. The van der Waals surface area contributed by atoms with Gasteiger partial charge in [-0.05, 0) is 43.7 Å². The number of para-hydroxylation sites is 1. The fourth-order valence-electron chi connectivity index (χ4n) is 2.95. The van der Waals surface area contributed by atoms with Gasteiger partial charge in [0.25, 0.3) is 5.91 Å². The molecule has 0 bridgehead atoms. The number of rotatable bonds is 7. The summed E-state index contributed by atoms with van der Waals surface area (Å²) in [7, 11) is 7.13. The maximum atomic E-state index is 12.8. The fourth-order valence-corrected chi connectivity index (χ4v) is 2.95. The highest BCUT2D eigenvalue weighted by molar-refractivity contribution is 5.95. The van der Waals surface area contributed by atoms with Crippen molar-refractivity contribution in [3.05, 3.63) is 53.6 Å². The molecule has 0 spiro atoms. The molecule has 140 valence electrons. The number of aryl methyl sites for hydroxylation is 1. The monoisotopic (exact) mass is 357 g/mol. The molecular formula is C21H29N2O3+. The predicted molar refractivity (Wildman–Crippen MR) is 104 cm³/mol. The van der Waals surface area contributed by atoms with Crippen molar-refractivity contribution >= 4 is 11.6 Å². The summed E-state index contributed by atoms with van der Waals surface area (Å²) in [6, 6.07) is 13.5. The van der Waals surface area contributed by atoms with Gasteiger partial charge in [-0.25, -0.2) is 0 Å². The van der Waals surface area contributed by atoms with Gasteiger partial charge >= 0.3 is 0 Å². The number of nitrogens with zero attached hydrogens (tertiary/aromatic N) is 1. The molecule has 26 heavy (non-hydrogen) atoms. The van der Waals surface area contributed by atoms with E-state index in [1.807, 2.05) is 70.4 Å². The van der Waals surface area contributed by atoms with Crippen molar-refractivity contribution in [1.29, 1.82) is 0 Å². The van der Waals surface area contributed by atoms with E-state index in [-0.39, 0.29) is 11.9 Å². The molecule has 0 aliphatic carbocycles. The Morgan fingerprint density at radius 3 is 2.27 bits per heavy atom. The predicted octanol–water partition coefficient (Wildman–Crippen LogP) is 2.08. The zero-order valence-electron chi connectivity index (χ0n) is 16.5. The highest BCUT2D eigenvalue weighted by atomic mass is 16.5. The minimum absolute atomic E-state index is 0.0897. The van der Waals surface area contributed by atoms with Crippen molar-refractivity contribution in [2.75, 3.05) is 33.2 Å². The third kappa shape index (κ3) is 4.35. The molecule has 0 aliphatic rings. The second kappa shape index (κ2) is 8.72. The molecule has 0 aromatic heterocycles. The number of hydrogen-bond donors (Lipinski definition) is 1. The Morgan fingerprint density at radius 1 is 1.12 bits per heavy atom. The molecule has 0 fully saturated rings. The lowest BCUT2D eigenvalue weighted by molar-refractivity contribution is -0.908. The molecule has 0 saturated heterocycles. The van der Waals surface area contributed by atoms with Gasteiger partial charge in [-0.2, -0.15) is 0 Å². The molecule has 2 aromatic carbocycles. The molecule has 1 unspecified atom stereocenters. The van der Waals surface area contributed by atoms with Crippen molar-refractivity contribution in [3.63, 3.8) is 0 Å². The highest BCUT2D eigenvalue weighted by Crippen LogP contribution is 2.29. The van der Waals surface area contributed by atoms with E-state index in [0.29, 0.717) is 5.75 Å². The van der Waals surface area contributed by atoms with Gasteiger partial charge < -0.3 is 19.3 Å². The second-order valence-electron chi connectivity index (χ2n) is 6.61. The number of ether oxygens (including phenoxy) is 2. The van der Waals surface area contributed by atoms with Crippen LogP contribution in [-0.4, -0.2) is 40.3 Å². The summed E-state index contributed by atoms with van der Waals surface area (Å²) in [5.41, 5.74) is 3.17. The zero-order chi connectivity index (χ0) is 19.3. The number of carbonyl (C=O) groups excluding carboxylic acids is 1. The van der Waals surface area contributed by atoms with Crippen LogP contribution in [0.3, 0.4) is 0 Å². The number of likely N-dealkylation sites (N-methyl/N-ethyl adjacent to an activating group) is 2. The number of quaternary nitrogens is 1. The van der Waals surface area contributed by atoms with Crippen molar-refractivity contribution < 1.29 is 19.2 Å². The molecule has 5 heteroatoms. The van der Waals surface area contributed by atoms with E-state index in [4.69, 9.17) is 9.47 Å². The van der Waals surface area contributed by atoms with Gasteiger partial charge in [0.2, 0.25) is 0 Å². The lowest BCUT2D eigenvalue weighted by Crippen LogP contribution is -3.12. The van der Waals surface area contributed by atoms with Crippen molar-refractivity contribution in [3.8, 4) is 11.5 Å². The van der Waals surface area contributed by atoms with Crippen LogP contribution in [0.15, 0.2) is 42.5 Å². The largest absolute Gasteiger partial charge is 0.493 e. The van der Waals surface area contributed by atoms with Crippen LogP contribution < -0.4 is 19.3 Å². The topological polar surface area (TPSA) is 43.2 Å². The number of benzene rings is 2. The zero-order valence-corrected chi connectivity index (χ0v) is 16.5. The Morgan fingerprint density at radius 2 is 1.69 bits per heavy atom. The number of anilines is 1. The standard InChI is InChI=1S/C21H28N2O3/c1-15-12-19(25-5)20(26-6)13-17(15)14-22(3)16(2)21(24)23(4)18-10-8-7-9-11-18/h7-13,16H,14H2,1-6H3/p+1/t16-/m0/s1. The molecular weight excluding hydrogens is 328 g/mol. The van der Waals surface area contributed by atoms with E-state index < -0.39 is 0 Å². The normalized spacial score (nSPS) is 13.0. The Hall–Kier alpha value is -2.53. The lowest BCUT2D eigenvalue weighted by Gasteiger charge is -2.26. The summed E-state index contributed by atoms with van der Waals surface area (Å²) in [4.78, 5) is 15.7. The summed E-state index contributed by atoms with van der Waals surface area (Å²) >= 11 is 0. The first kappa shape index (κ1) is 19.8. The number of methoxy groups -OCH3 is 2. The van der Waals surface area contributed by atoms with Gasteiger partial charge in [0.1, 0.15) is 6.54 Å². The molecule has 5 nitrogen and oxygen atoms in total. The summed E-state index contributed by atoms with van der Waals surface area (Å²) in [5, 5.41) is 0. The summed E-state index contributed by atoms with van der Waals surface area (Å²) in [5.74, 6) is 1.52. The Balaban J connectivity index is 2.14. The third-order valence-electron chi connectivity index (χ3n) is 4.90. The van der Waals surface area contributed by atoms with Crippen LogP contribution in [0.25, 0.3) is 0 Å². The summed E-state index contributed by atoms with van der Waals surface area (Å²) in [6.45, 7) is 4.74. The Labute approximate surface area is 156 Å². The van der Waals surface area contributed by atoms with Crippen molar-refractivity contribution in [2.24, 2.45) is 0 Å². The molecule has 0 radical (unpaired) electrons. The Kier molecular flexibility index (Phi) is 6.64. The molecule has 0 heterocycles. The van der Waals surface area contributed by atoms with Gasteiger partial charge in [0.15, 0.2) is 17.5 Å². The van der Waals surface area contributed by atoms with E-state index in [0.717, 1.165) is 34.0 Å². The maximum Gasteiger partial charge on any atom is 0.284 e. The first-order chi connectivity index (χ1) is 12.4. The second-order valence-corrected chi connectivity index (χ2v) is 6.61. The average Bonchev–Trinajstić information content (AvgIpc) is 2.67. The minimum Gasteiger partial charge on any atom is -0.493 e. The van der Waals surface area contributed by atoms with Crippen molar-refractivity contribution in [1.82, 2.24) is 0 Å². The van der Waals surface area contributed by atoms with Gasteiger partial charge in [0.05, 0.1) is 21.3 Å². The maximum absolute atomic E-state index is 12.8. The summed E-state index contributed by atoms with van der Waals surface area (Å²) < 4.78 is 10.8. The fraction of sp³-hybridized carbons (Fsp3) is 0.381.